The summed E-state index contributed by atoms with van der Waals surface area (Å²) in [4.78, 5) is 17.5. The van der Waals surface area contributed by atoms with Crippen LogP contribution in [0.15, 0.2) is 84.0 Å². The average molecular weight is 503 g/mol. The summed E-state index contributed by atoms with van der Waals surface area (Å²) in [7, 11) is 3.14. The number of carbonyl (C=O) groups excluding carboxylic acids is 1. The van der Waals surface area contributed by atoms with Gasteiger partial charge in [-0.25, -0.2) is 9.78 Å². The number of rotatable bonds is 10. The van der Waals surface area contributed by atoms with Crippen molar-refractivity contribution in [1.29, 1.82) is 0 Å². The molecule has 2 N–H and O–H groups in total. The number of hydrogen-bond donors (Lipinski definition) is 2. The molecule has 7 nitrogen and oxygen atoms in total. The van der Waals surface area contributed by atoms with E-state index >= 15 is 0 Å². The maximum absolute atomic E-state index is 12.5. The predicted molar refractivity (Wildman–Crippen MR) is 146 cm³/mol. The summed E-state index contributed by atoms with van der Waals surface area (Å²) >= 11 is 1.62. The summed E-state index contributed by atoms with van der Waals surface area (Å²) in [5.41, 5.74) is 4.84. The Morgan fingerprint density at radius 1 is 0.944 bits per heavy atom. The Bertz CT molecular complexity index is 1290. The molecular formula is C28H30N4O3S. The first-order valence-corrected chi connectivity index (χ1v) is 12.7. The molecule has 186 valence electrons. The maximum Gasteiger partial charge on any atom is 0.319 e. The largest absolute Gasteiger partial charge is 0.497 e. The van der Waals surface area contributed by atoms with Crippen LogP contribution < -0.4 is 20.1 Å². The smallest absolute Gasteiger partial charge is 0.319 e. The zero-order valence-corrected chi connectivity index (χ0v) is 21.5. The number of aromatic nitrogens is 2. The number of nitrogens with one attached hydrogen (secondary N) is 2. The first-order valence-electron chi connectivity index (χ1n) is 11.8. The van der Waals surface area contributed by atoms with Gasteiger partial charge in [0.1, 0.15) is 11.5 Å². The van der Waals surface area contributed by atoms with E-state index in [4.69, 9.17) is 14.5 Å². The van der Waals surface area contributed by atoms with E-state index < -0.39 is 0 Å². The molecule has 0 bridgehead atoms. The zero-order valence-electron chi connectivity index (χ0n) is 20.7. The SMILES string of the molecule is CCn1c(SCCNC(=O)Nc2ccc(OC)cc2OC)nc(-c2ccccc2)c1-c1ccccc1. The summed E-state index contributed by atoms with van der Waals surface area (Å²) < 4.78 is 12.8. The van der Waals surface area contributed by atoms with Crippen LogP contribution in [-0.2, 0) is 6.54 Å². The number of carbonyl (C=O) groups is 1. The van der Waals surface area contributed by atoms with Crippen molar-refractivity contribution in [1.82, 2.24) is 14.9 Å². The lowest BCUT2D eigenvalue weighted by atomic mass is 10.0. The molecule has 1 aromatic heterocycles. The van der Waals surface area contributed by atoms with Gasteiger partial charge in [-0.2, -0.15) is 0 Å². The van der Waals surface area contributed by atoms with Crippen LogP contribution in [0.2, 0.25) is 0 Å². The van der Waals surface area contributed by atoms with Crippen molar-refractivity contribution in [2.24, 2.45) is 0 Å². The summed E-state index contributed by atoms with van der Waals surface area (Å²) in [5, 5.41) is 6.66. The van der Waals surface area contributed by atoms with E-state index in [2.05, 4.69) is 46.4 Å². The van der Waals surface area contributed by atoms with E-state index in [9.17, 15) is 4.79 Å². The van der Waals surface area contributed by atoms with Gasteiger partial charge in [0.05, 0.1) is 31.3 Å². The van der Waals surface area contributed by atoms with Crippen LogP contribution in [-0.4, -0.2) is 42.1 Å². The third-order valence-electron chi connectivity index (χ3n) is 5.62. The molecule has 0 aliphatic heterocycles. The number of anilines is 1. The van der Waals surface area contributed by atoms with E-state index in [1.807, 2.05) is 36.4 Å². The molecule has 0 saturated carbocycles. The number of thioether (sulfide) groups is 1. The predicted octanol–water partition coefficient (Wildman–Crippen LogP) is 6.17. The van der Waals surface area contributed by atoms with Gasteiger partial charge >= 0.3 is 6.03 Å². The molecule has 2 amide bonds. The first kappa shape index (κ1) is 25.2. The minimum Gasteiger partial charge on any atom is -0.497 e. The van der Waals surface area contributed by atoms with Crippen LogP contribution in [0.4, 0.5) is 10.5 Å². The van der Waals surface area contributed by atoms with Gasteiger partial charge in [-0.15, -0.1) is 0 Å². The second-order valence-corrected chi connectivity index (χ2v) is 8.93. The van der Waals surface area contributed by atoms with Crippen molar-refractivity contribution in [2.45, 2.75) is 18.6 Å². The molecule has 0 saturated heterocycles. The lowest BCUT2D eigenvalue weighted by Crippen LogP contribution is -2.30. The summed E-state index contributed by atoms with van der Waals surface area (Å²) in [5.74, 6) is 1.86. The van der Waals surface area contributed by atoms with Crippen LogP contribution in [0.25, 0.3) is 22.5 Å². The number of amides is 2. The van der Waals surface area contributed by atoms with E-state index in [0.717, 1.165) is 34.2 Å². The molecule has 0 unspecified atom stereocenters. The number of imidazole rings is 1. The molecule has 0 radical (unpaired) electrons. The Morgan fingerprint density at radius 2 is 1.64 bits per heavy atom. The third kappa shape index (κ3) is 5.83. The van der Waals surface area contributed by atoms with Gasteiger partial charge in [0.25, 0.3) is 0 Å². The van der Waals surface area contributed by atoms with Crippen molar-refractivity contribution in [3.63, 3.8) is 0 Å². The van der Waals surface area contributed by atoms with E-state index in [-0.39, 0.29) is 6.03 Å². The molecular weight excluding hydrogens is 472 g/mol. The minimum atomic E-state index is -0.298. The molecule has 1 heterocycles. The standard InChI is InChI=1S/C28H30N4O3S/c1-4-32-26(21-13-9-6-10-14-21)25(20-11-7-5-8-12-20)31-28(32)36-18-17-29-27(33)30-23-16-15-22(34-2)19-24(23)35-3/h5-16,19H,4,17-18H2,1-3H3,(H2,29,30,33). The summed E-state index contributed by atoms with van der Waals surface area (Å²) in [6, 6.07) is 25.5. The Labute approximate surface area is 215 Å². The Hall–Kier alpha value is -3.91. The average Bonchev–Trinajstić information content (AvgIpc) is 3.30. The molecule has 0 spiro atoms. The molecule has 36 heavy (non-hydrogen) atoms. The normalized spacial score (nSPS) is 10.6. The highest BCUT2D eigenvalue weighted by Crippen LogP contribution is 2.35. The quantitative estimate of drug-likeness (QED) is 0.200. The van der Waals surface area contributed by atoms with Crippen LogP contribution in [0.1, 0.15) is 6.92 Å². The van der Waals surface area contributed by atoms with Crippen molar-refractivity contribution in [3.05, 3.63) is 78.9 Å². The van der Waals surface area contributed by atoms with Crippen LogP contribution in [0, 0.1) is 0 Å². The second-order valence-electron chi connectivity index (χ2n) is 7.86. The maximum atomic E-state index is 12.5. The highest BCUT2D eigenvalue weighted by Gasteiger charge is 2.19. The topological polar surface area (TPSA) is 77.4 Å². The number of benzene rings is 3. The molecule has 3 aromatic carbocycles. The highest BCUT2D eigenvalue weighted by atomic mass is 32.2. The summed E-state index contributed by atoms with van der Waals surface area (Å²) in [6.07, 6.45) is 0. The molecule has 0 aliphatic carbocycles. The lowest BCUT2D eigenvalue weighted by molar-refractivity contribution is 0.252. The van der Waals surface area contributed by atoms with Gasteiger partial charge in [0, 0.05) is 36.0 Å². The Kier molecular flexibility index (Phi) is 8.52. The molecule has 0 atom stereocenters. The van der Waals surface area contributed by atoms with E-state index in [0.29, 0.717) is 29.5 Å². The van der Waals surface area contributed by atoms with Gasteiger partial charge in [0.15, 0.2) is 5.16 Å². The van der Waals surface area contributed by atoms with Crippen molar-refractivity contribution in [3.8, 4) is 34.0 Å². The molecule has 0 aliphatic rings. The Morgan fingerprint density at radius 3 is 2.28 bits per heavy atom. The monoisotopic (exact) mass is 502 g/mol. The Balaban J connectivity index is 1.45. The fourth-order valence-corrected chi connectivity index (χ4v) is 4.82. The number of methoxy groups -OCH3 is 2. The molecule has 4 aromatic rings. The number of ether oxygens (including phenoxy) is 2. The van der Waals surface area contributed by atoms with Gasteiger partial charge in [-0.3, -0.25) is 0 Å². The van der Waals surface area contributed by atoms with Crippen LogP contribution >= 0.6 is 11.8 Å². The third-order valence-corrected chi connectivity index (χ3v) is 6.60. The minimum absolute atomic E-state index is 0.298. The van der Waals surface area contributed by atoms with E-state index in [1.165, 1.54) is 0 Å². The summed E-state index contributed by atoms with van der Waals surface area (Å²) in [6.45, 7) is 3.39. The zero-order chi connectivity index (χ0) is 25.3. The fourth-order valence-electron chi connectivity index (χ4n) is 3.90. The van der Waals surface area contributed by atoms with E-state index in [1.54, 1.807) is 44.2 Å². The van der Waals surface area contributed by atoms with Crippen LogP contribution in [0.3, 0.4) is 0 Å². The second kappa shape index (κ2) is 12.2. The lowest BCUT2D eigenvalue weighted by Gasteiger charge is -2.13. The number of urea groups is 1. The van der Waals surface area contributed by atoms with Gasteiger partial charge in [-0.1, -0.05) is 72.4 Å². The molecule has 0 fully saturated rings. The van der Waals surface area contributed by atoms with Gasteiger partial charge in [0.2, 0.25) is 0 Å². The van der Waals surface area contributed by atoms with Crippen molar-refractivity contribution in [2.75, 3.05) is 31.8 Å². The van der Waals surface area contributed by atoms with Crippen molar-refractivity contribution >= 4 is 23.5 Å². The first-order chi connectivity index (χ1) is 17.6. The van der Waals surface area contributed by atoms with Crippen molar-refractivity contribution < 1.29 is 14.3 Å². The van der Waals surface area contributed by atoms with Crippen LogP contribution in [0.5, 0.6) is 11.5 Å². The van der Waals surface area contributed by atoms with Gasteiger partial charge < -0.3 is 24.7 Å². The molecule has 8 heteroatoms. The number of nitrogens with zero attached hydrogens (tertiary/aromatic N) is 2. The van der Waals surface area contributed by atoms with Gasteiger partial charge in [-0.05, 0) is 19.1 Å². The fraction of sp³-hybridized carbons (Fsp3) is 0.214. The molecule has 4 rings (SSSR count). The number of hydrogen-bond acceptors (Lipinski definition) is 5. The highest BCUT2D eigenvalue weighted by molar-refractivity contribution is 7.99.